The highest BCUT2D eigenvalue weighted by atomic mass is 27.1. The molecule has 214 valence electrons. The van der Waals surface area contributed by atoms with Crippen LogP contribution in [-0.4, -0.2) is 49.9 Å². The van der Waals surface area contributed by atoms with E-state index < -0.39 is 0 Å². The maximum Gasteiger partial charge on any atom is 0.193 e. The minimum Gasteiger partial charge on any atom is -0.507 e. The topological polar surface area (TPSA) is 131 Å². The number of allylic oxidation sites excluding steroid dienone is 1. The summed E-state index contributed by atoms with van der Waals surface area (Å²) in [5, 5.41) is 32.1. The highest BCUT2D eigenvalue weighted by Gasteiger charge is 2.14. The molecule has 43 heavy (non-hydrogen) atoms. The van der Waals surface area contributed by atoms with Gasteiger partial charge in [-0.15, -0.1) is 5.11 Å². The molecule has 0 heterocycles. The fourth-order valence-corrected chi connectivity index (χ4v) is 4.82. The minimum absolute atomic E-state index is 0.0288. The van der Waals surface area contributed by atoms with Crippen LogP contribution < -0.4 is 34.2 Å². The number of methoxy groups -OCH3 is 1. The number of benzene rings is 4. The van der Waals surface area contributed by atoms with Gasteiger partial charge in [0.05, 0.1) is 7.11 Å². The zero-order chi connectivity index (χ0) is 30.6. The van der Waals surface area contributed by atoms with Crippen LogP contribution in [0.15, 0.2) is 119 Å². The van der Waals surface area contributed by atoms with Gasteiger partial charge >= 0.3 is 0 Å². The number of nitrogens with one attached hydrogen (secondary N) is 1. The van der Waals surface area contributed by atoms with Gasteiger partial charge in [0, 0.05) is 18.2 Å². The fourth-order valence-electron chi connectivity index (χ4n) is 4.05. The number of aliphatic hydroxyl groups excluding tert-OH is 2. The van der Waals surface area contributed by atoms with E-state index in [1.165, 1.54) is 0 Å². The molecule has 0 spiro atoms. The molecule has 0 aliphatic carbocycles. The Morgan fingerprint density at radius 3 is 1.91 bits per heavy atom. The van der Waals surface area contributed by atoms with Gasteiger partial charge < -0.3 is 35.6 Å². The monoisotopic (exact) mass is 604 g/mol. The average Bonchev–Trinajstić information content (AvgIpc) is 3.02. The Balaban J connectivity index is 1.62. The minimum atomic E-state index is -0.375. The van der Waals surface area contributed by atoms with Crippen LogP contribution in [0.3, 0.4) is 0 Å². The SMILES string of the molecule is COc1ccc(CNC(N=NN)=C(O)C=C(O)c2cc(OCc3ccccc3)[c]([Al])c(OCc3ccccc3)c2)c[c]1[Al]. The molecule has 4 aromatic rings. The fraction of sp³-hybridized carbons (Fsp3) is 0.125. The Bertz CT molecular complexity index is 1550. The molecule has 0 aliphatic heterocycles. The summed E-state index contributed by atoms with van der Waals surface area (Å²) >= 11 is 5.26. The molecular formula is C32H30Al2N4O5. The van der Waals surface area contributed by atoms with Crippen LogP contribution in [-0.2, 0) is 19.8 Å². The van der Waals surface area contributed by atoms with Crippen LogP contribution in [0.1, 0.15) is 22.3 Å². The molecule has 0 unspecified atom stereocenters. The second-order valence-corrected chi connectivity index (χ2v) is 10.5. The Hall–Kier alpha value is -4.38. The van der Waals surface area contributed by atoms with Gasteiger partial charge in [-0.3, -0.25) is 0 Å². The average molecular weight is 605 g/mol. The Morgan fingerprint density at radius 2 is 1.40 bits per heavy atom. The van der Waals surface area contributed by atoms with Crippen LogP contribution in [0, 0.1) is 0 Å². The highest BCUT2D eigenvalue weighted by molar-refractivity contribution is 6.36. The zero-order valence-electron chi connectivity index (χ0n) is 23.6. The molecular weight excluding hydrogens is 574 g/mol. The van der Waals surface area contributed by atoms with Gasteiger partial charge in [-0.25, -0.2) is 0 Å². The quantitative estimate of drug-likeness (QED) is 0.0450. The number of rotatable bonds is 13. The maximum atomic E-state index is 11.1. The van der Waals surface area contributed by atoms with E-state index in [9.17, 15) is 10.2 Å². The van der Waals surface area contributed by atoms with Gasteiger partial charge in [-0.1, -0.05) is 86.9 Å². The largest absolute Gasteiger partial charge is 0.507 e. The second-order valence-electron chi connectivity index (χ2n) is 9.34. The van der Waals surface area contributed by atoms with Gasteiger partial charge in [-0.05, 0) is 34.9 Å². The van der Waals surface area contributed by atoms with E-state index in [1.54, 1.807) is 19.2 Å². The molecule has 0 aromatic heterocycles. The molecule has 0 atom stereocenters. The van der Waals surface area contributed by atoms with E-state index in [0.29, 0.717) is 41.2 Å². The summed E-state index contributed by atoms with van der Waals surface area (Å²) in [7, 11) is 1.60. The molecule has 4 rings (SSSR count). The summed E-state index contributed by atoms with van der Waals surface area (Å²) < 4.78 is 19.1. The molecule has 11 heteroatoms. The molecule has 9 nitrogen and oxygen atoms in total. The lowest BCUT2D eigenvalue weighted by Crippen LogP contribution is -2.16. The molecule has 4 aromatic carbocycles. The van der Waals surface area contributed by atoms with Crippen molar-refractivity contribution in [2.75, 3.05) is 7.11 Å². The van der Waals surface area contributed by atoms with Gasteiger partial charge in [0.15, 0.2) is 44.2 Å². The molecule has 5 N–H and O–H groups in total. The van der Waals surface area contributed by atoms with Crippen molar-refractivity contribution < 1.29 is 24.4 Å². The van der Waals surface area contributed by atoms with Gasteiger partial charge in [0.2, 0.25) is 0 Å². The van der Waals surface area contributed by atoms with E-state index in [4.69, 9.17) is 20.1 Å². The second kappa shape index (κ2) is 15.7. The third-order valence-corrected chi connectivity index (χ3v) is 7.32. The van der Waals surface area contributed by atoms with Crippen LogP contribution in [0.25, 0.3) is 5.76 Å². The lowest BCUT2D eigenvalue weighted by molar-refractivity contribution is 0.294. The predicted molar refractivity (Wildman–Crippen MR) is 168 cm³/mol. The number of nitrogens with zero attached hydrogens (tertiary/aromatic N) is 2. The van der Waals surface area contributed by atoms with E-state index >= 15 is 0 Å². The summed E-state index contributed by atoms with van der Waals surface area (Å²) in [6.07, 6.45) is 1.16. The zero-order valence-corrected chi connectivity index (χ0v) is 25.9. The molecule has 0 bridgehead atoms. The summed E-state index contributed by atoms with van der Waals surface area (Å²) in [6.45, 7) is 0.927. The number of hydrogen-bond donors (Lipinski definition) is 4. The van der Waals surface area contributed by atoms with Crippen molar-refractivity contribution in [2.24, 2.45) is 16.2 Å². The van der Waals surface area contributed by atoms with Crippen molar-refractivity contribution >= 4 is 47.2 Å². The number of ether oxygens (including phenoxy) is 3. The first-order chi connectivity index (χ1) is 20.9. The molecule has 0 saturated heterocycles. The van der Waals surface area contributed by atoms with Gasteiger partial charge in [0.25, 0.3) is 0 Å². The van der Waals surface area contributed by atoms with E-state index in [1.807, 2.05) is 78.9 Å². The Kier molecular flexibility index (Phi) is 11.6. The molecule has 0 saturated carbocycles. The van der Waals surface area contributed by atoms with Crippen molar-refractivity contribution in [2.45, 2.75) is 19.8 Å². The summed E-state index contributed by atoms with van der Waals surface area (Å²) in [5.41, 5.74) is 3.22. The van der Waals surface area contributed by atoms with Crippen molar-refractivity contribution in [3.63, 3.8) is 0 Å². The summed E-state index contributed by atoms with van der Waals surface area (Å²) in [6, 6.07) is 28.5. The summed E-state index contributed by atoms with van der Waals surface area (Å²) in [4.78, 5) is 0. The van der Waals surface area contributed by atoms with Gasteiger partial charge in [0.1, 0.15) is 36.2 Å². The molecule has 0 fully saturated rings. The van der Waals surface area contributed by atoms with Crippen LogP contribution in [0.2, 0.25) is 0 Å². The number of nitrogens with two attached hydrogens (primary N) is 1. The summed E-state index contributed by atoms with van der Waals surface area (Å²) in [5.74, 6) is 6.36. The number of hydrogen-bond acceptors (Lipinski definition) is 8. The van der Waals surface area contributed by atoms with Gasteiger partial charge in [-0.2, -0.15) is 0 Å². The van der Waals surface area contributed by atoms with Crippen molar-refractivity contribution in [1.29, 1.82) is 0 Å². The lowest BCUT2D eigenvalue weighted by Gasteiger charge is -2.17. The van der Waals surface area contributed by atoms with E-state index in [2.05, 4.69) is 48.2 Å². The van der Waals surface area contributed by atoms with Crippen molar-refractivity contribution in [3.8, 4) is 17.2 Å². The molecule has 4 radical (unpaired) electrons. The van der Waals surface area contributed by atoms with Crippen molar-refractivity contribution in [1.82, 2.24) is 5.32 Å². The van der Waals surface area contributed by atoms with Crippen LogP contribution in [0.4, 0.5) is 0 Å². The smallest absolute Gasteiger partial charge is 0.193 e. The Labute approximate surface area is 267 Å². The predicted octanol–water partition coefficient (Wildman–Crippen LogP) is 4.18. The Morgan fingerprint density at radius 1 is 0.814 bits per heavy atom. The first-order valence-electron chi connectivity index (χ1n) is 13.3. The van der Waals surface area contributed by atoms with E-state index in [0.717, 1.165) is 32.9 Å². The van der Waals surface area contributed by atoms with E-state index in [-0.39, 0.29) is 17.3 Å². The first-order valence-corrected chi connectivity index (χ1v) is 14.4. The van der Waals surface area contributed by atoms with Crippen molar-refractivity contribution in [3.05, 3.63) is 131 Å². The molecule has 0 aliphatic rings. The highest BCUT2D eigenvalue weighted by Crippen LogP contribution is 2.26. The first kappa shape index (κ1) is 31.6. The molecule has 0 amide bonds. The maximum absolute atomic E-state index is 11.1. The van der Waals surface area contributed by atoms with Crippen LogP contribution in [0.5, 0.6) is 17.2 Å². The number of aliphatic hydroxyl groups is 2. The third kappa shape index (κ3) is 9.05. The standard InChI is InChI=1S/C32H30N4O5.2Al/c1-39-27-14-12-23(13-15-27)20-34-32(35-36-33)31(38)19-30(37)26-16-28(40-21-24-8-4-2-5-9-24)18-29(17-26)41-22-25-10-6-3-7-11-25;;/h2-14,16-17,19,34,37-38H,20-22H2,1H3,(H2,33,35);;. The third-order valence-electron chi connectivity index (χ3n) is 6.30. The lowest BCUT2D eigenvalue weighted by atomic mass is 10.1. The normalized spacial score (nSPS) is 12.1. The van der Waals surface area contributed by atoms with Crippen LogP contribution >= 0.6 is 0 Å².